The van der Waals surface area contributed by atoms with Crippen LogP contribution in [-0.4, -0.2) is 31.7 Å². The molecule has 1 aromatic rings. The van der Waals surface area contributed by atoms with E-state index in [-0.39, 0.29) is 18.0 Å². The molecule has 2 N–H and O–H groups in total. The summed E-state index contributed by atoms with van der Waals surface area (Å²) in [7, 11) is 0. The third-order valence-electron chi connectivity index (χ3n) is 3.84. The van der Waals surface area contributed by atoms with Gasteiger partial charge in [0.2, 0.25) is 5.91 Å². The number of aryl methyl sites for hydroxylation is 2. The van der Waals surface area contributed by atoms with Crippen LogP contribution in [0.15, 0.2) is 18.2 Å². The fraction of sp³-hybridized carbons (Fsp3) is 0.562. The maximum Gasteiger partial charge on any atom is 0.222 e. The van der Waals surface area contributed by atoms with E-state index in [4.69, 9.17) is 4.74 Å². The zero-order valence-corrected chi connectivity index (χ0v) is 12.5. The lowest BCUT2D eigenvalue weighted by molar-refractivity contribution is -0.122. The number of amides is 1. The number of hydrogen-bond donors (Lipinski definition) is 2. The predicted octanol–water partition coefficient (Wildman–Crippen LogP) is 1.86. The van der Waals surface area contributed by atoms with Crippen molar-refractivity contribution in [1.29, 1.82) is 0 Å². The summed E-state index contributed by atoms with van der Waals surface area (Å²) in [4.78, 5) is 12.0. The number of hydrogen-bond acceptors (Lipinski definition) is 3. The van der Waals surface area contributed by atoms with Crippen LogP contribution < -0.4 is 10.6 Å². The Bertz CT molecular complexity index is 468. The summed E-state index contributed by atoms with van der Waals surface area (Å²) in [6.45, 7) is 8.38. The van der Waals surface area contributed by atoms with Gasteiger partial charge >= 0.3 is 0 Å². The van der Waals surface area contributed by atoms with Crippen LogP contribution in [0.25, 0.3) is 0 Å². The van der Waals surface area contributed by atoms with Crippen LogP contribution in [0.4, 0.5) is 0 Å². The van der Waals surface area contributed by atoms with E-state index >= 15 is 0 Å². The van der Waals surface area contributed by atoms with Crippen molar-refractivity contribution >= 4 is 5.91 Å². The van der Waals surface area contributed by atoms with E-state index in [0.29, 0.717) is 13.0 Å². The fourth-order valence-corrected chi connectivity index (χ4v) is 2.39. The number of carbonyl (C=O) groups excluding carboxylic acids is 1. The highest BCUT2D eigenvalue weighted by atomic mass is 16.5. The van der Waals surface area contributed by atoms with E-state index in [1.54, 1.807) is 0 Å². The number of benzene rings is 1. The molecule has 2 unspecified atom stereocenters. The summed E-state index contributed by atoms with van der Waals surface area (Å²) < 4.78 is 5.36. The highest BCUT2D eigenvalue weighted by Gasteiger charge is 2.18. The molecule has 0 radical (unpaired) electrons. The highest BCUT2D eigenvalue weighted by molar-refractivity contribution is 5.77. The van der Waals surface area contributed by atoms with Crippen molar-refractivity contribution in [3.8, 4) is 0 Å². The quantitative estimate of drug-likeness (QED) is 0.882. The van der Waals surface area contributed by atoms with Gasteiger partial charge < -0.3 is 15.4 Å². The maximum atomic E-state index is 12.0. The van der Waals surface area contributed by atoms with Crippen molar-refractivity contribution in [3.05, 3.63) is 34.9 Å². The van der Waals surface area contributed by atoms with Crippen LogP contribution >= 0.6 is 0 Å². The van der Waals surface area contributed by atoms with E-state index in [2.05, 4.69) is 42.7 Å². The third kappa shape index (κ3) is 4.05. The summed E-state index contributed by atoms with van der Waals surface area (Å²) in [6.07, 6.45) is 0.467. The molecule has 0 aliphatic carbocycles. The molecule has 0 saturated carbocycles. The van der Waals surface area contributed by atoms with Gasteiger partial charge in [-0.2, -0.15) is 0 Å². The van der Waals surface area contributed by atoms with Crippen molar-refractivity contribution in [2.75, 3.05) is 19.8 Å². The zero-order chi connectivity index (χ0) is 14.5. The monoisotopic (exact) mass is 276 g/mol. The average molecular weight is 276 g/mol. The molecule has 4 heteroatoms. The summed E-state index contributed by atoms with van der Waals surface area (Å²) in [5.74, 6) is 0.0683. The minimum Gasteiger partial charge on any atom is -0.378 e. The number of morpholine rings is 1. The van der Waals surface area contributed by atoms with Gasteiger partial charge in [-0.25, -0.2) is 0 Å². The lowest BCUT2D eigenvalue weighted by atomic mass is 10.0. The van der Waals surface area contributed by atoms with Crippen LogP contribution in [0.2, 0.25) is 0 Å². The molecule has 2 atom stereocenters. The molecule has 0 spiro atoms. The zero-order valence-electron chi connectivity index (χ0n) is 12.5. The topological polar surface area (TPSA) is 50.4 Å². The second-order valence-corrected chi connectivity index (χ2v) is 5.56. The molecule has 110 valence electrons. The predicted molar refractivity (Wildman–Crippen MR) is 79.7 cm³/mol. The number of nitrogens with one attached hydrogen (secondary N) is 2. The molecule has 1 aliphatic heterocycles. The van der Waals surface area contributed by atoms with Gasteiger partial charge in [0.15, 0.2) is 0 Å². The Morgan fingerprint density at radius 1 is 1.45 bits per heavy atom. The molecular weight excluding hydrogens is 252 g/mol. The lowest BCUT2D eigenvalue weighted by Crippen LogP contribution is -2.44. The average Bonchev–Trinajstić information content (AvgIpc) is 2.42. The maximum absolute atomic E-state index is 12.0. The number of rotatable bonds is 4. The summed E-state index contributed by atoms with van der Waals surface area (Å²) in [5, 5.41) is 6.35. The highest BCUT2D eigenvalue weighted by Crippen LogP contribution is 2.17. The molecule has 20 heavy (non-hydrogen) atoms. The summed E-state index contributed by atoms with van der Waals surface area (Å²) in [5.41, 5.74) is 3.68. The molecule has 4 nitrogen and oxygen atoms in total. The second-order valence-electron chi connectivity index (χ2n) is 5.56. The van der Waals surface area contributed by atoms with Gasteiger partial charge in [-0.3, -0.25) is 4.79 Å². The Kier molecular flexibility index (Phi) is 5.15. The van der Waals surface area contributed by atoms with Gasteiger partial charge in [0.05, 0.1) is 19.3 Å². The van der Waals surface area contributed by atoms with E-state index in [9.17, 15) is 4.79 Å². The first-order chi connectivity index (χ1) is 9.56. The molecular formula is C16H24N2O2. The molecule has 1 amide bonds. The van der Waals surface area contributed by atoms with Gasteiger partial charge in [-0.15, -0.1) is 0 Å². The van der Waals surface area contributed by atoms with Gasteiger partial charge in [0.25, 0.3) is 0 Å². The summed E-state index contributed by atoms with van der Waals surface area (Å²) >= 11 is 0. The molecule has 0 aromatic heterocycles. The van der Waals surface area contributed by atoms with Gasteiger partial charge in [0.1, 0.15) is 0 Å². The molecule has 1 saturated heterocycles. The normalized spacial score (nSPS) is 20.4. The first-order valence-corrected chi connectivity index (χ1v) is 7.24. The smallest absolute Gasteiger partial charge is 0.222 e. The van der Waals surface area contributed by atoms with Crippen LogP contribution in [0.5, 0.6) is 0 Å². The largest absolute Gasteiger partial charge is 0.378 e. The molecule has 1 fully saturated rings. The standard InChI is InChI=1S/C16H24N2O2/c1-11-4-5-14(8-12(11)2)13(3)18-16(19)9-15-10-20-7-6-17-15/h4-5,8,13,15,17H,6-7,9-10H2,1-3H3,(H,18,19). The fourth-order valence-electron chi connectivity index (χ4n) is 2.39. The van der Waals surface area contributed by atoms with Crippen molar-refractivity contribution in [2.45, 2.75) is 39.3 Å². The Hall–Kier alpha value is -1.39. The second kappa shape index (κ2) is 6.86. The van der Waals surface area contributed by atoms with E-state index < -0.39 is 0 Å². The van der Waals surface area contributed by atoms with Crippen LogP contribution in [0.1, 0.15) is 36.1 Å². The first kappa shape index (κ1) is 15.0. The van der Waals surface area contributed by atoms with E-state index in [1.165, 1.54) is 11.1 Å². The molecule has 1 heterocycles. The lowest BCUT2D eigenvalue weighted by Gasteiger charge is -2.24. The SMILES string of the molecule is Cc1ccc(C(C)NC(=O)CC2COCCN2)cc1C. The Balaban J connectivity index is 1.87. The van der Waals surface area contributed by atoms with Crippen LogP contribution in [0, 0.1) is 13.8 Å². The minimum atomic E-state index is 0.0336. The van der Waals surface area contributed by atoms with Gasteiger partial charge in [-0.05, 0) is 37.5 Å². The van der Waals surface area contributed by atoms with Crippen LogP contribution in [-0.2, 0) is 9.53 Å². The number of carbonyl (C=O) groups is 1. The van der Waals surface area contributed by atoms with E-state index in [1.807, 2.05) is 6.92 Å². The Morgan fingerprint density at radius 2 is 2.25 bits per heavy atom. The van der Waals surface area contributed by atoms with Crippen molar-refractivity contribution in [1.82, 2.24) is 10.6 Å². The molecule has 2 rings (SSSR count). The molecule has 1 aliphatic rings. The third-order valence-corrected chi connectivity index (χ3v) is 3.84. The molecule has 0 bridgehead atoms. The van der Waals surface area contributed by atoms with Gasteiger partial charge in [0, 0.05) is 19.0 Å². The number of ether oxygens (including phenoxy) is 1. The summed E-state index contributed by atoms with van der Waals surface area (Å²) in [6, 6.07) is 6.49. The van der Waals surface area contributed by atoms with Crippen molar-refractivity contribution in [3.63, 3.8) is 0 Å². The van der Waals surface area contributed by atoms with Gasteiger partial charge in [-0.1, -0.05) is 18.2 Å². The van der Waals surface area contributed by atoms with Crippen molar-refractivity contribution < 1.29 is 9.53 Å². The molecule has 1 aromatic carbocycles. The van der Waals surface area contributed by atoms with Crippen LogP contribution in [0.3, 0.4) is 0 Å². The van der Waals surface area contributed by atoms with Crippen molar-refractivity contribution in [2.24, 2.45) is 0 Å². The van der Waals surface area contributed by atoms with E-state index in [0.717, 1.165) is 18.7 Å². The Labute approximate surface area is 120 Å². The first-order valence-electron chi connectivity index (χ1n) is 7.24. The Morgan fingerprint density at radius 3 is 2.90 bits per heavy atom. The minimum absolute atomic E-state index is 0.0336.